The highest BCUT2D eigenvalue weighted by atomic mass is 32.2. The van der Waals surface area contributed by atoms with Crippen LogP contribution in [0, 0.1) is 15.5 Å². The number of aromatic nitrogens is 3. The average Bonchev–Trinajstić information content (AvgIpc) is 3.27. The van der Waals surface area contributed by atoms with Gasteiger partial charge in [0.05, 0.1) is 19.1 Å². The van der Waals surface area contributed by atoms with Gasteiger partial charge in [0.25, 0.3) is 5.69 Å². The van der Waals surface area contributed by atoms with Crippen molar-refractivity contribution in [2.75, 3.05) is 19.5 Å². The van der Waals surface area contributed by atoms with E-state index in [9.17, 15) is 14.9 Å². The molecule has 1 aliphatic heterocycles. The molecule has 2 aromatic carbocycles. The topological polar surface area (TPSA) is 121 Å². The lowest BCUT2D eigenvalue weighted by molar-refractivity contribution is -0.384. The van der Waals surface area contributed by atoms with Crippen molar-refractivity contribution in [2.45, 2.75) is 43.6 Å². The first-order chi connectivity index (χ1) is 17.7. The zero-order valence-electron chi connectivity index (χ0n) is 21.0. The van der Waals surface area contributed by atoms with E-state index in [0.29, 0.717) is 46.8 Å². The number of non-ortho nitro benzene ring substituents is 1. The summed E-state index contributed by atoms with van der Waals surface area (Å²) in [5.74, 6) is 2.24. The Kier molecular flexibility index (Phi) is 6.40. The van der Waals surface area contributed by atoms with Crippen LogP contribution in [0.25, 0.3) is 0 Å². The number of ketones is 1. The molecule has 0 saturated carbocycles. The molecular weight excluding hydrogens is 494 g/mol. The first-order valence-electron chi connectivity index (χ1n) is 11.8. The van der Waals surface area contributed by atoms with E-state index in [1.807, 2.05) is 24.3 Å². The van der Waals surface area contributed by atoms with Crippen molar-refractivity contribution < 1.29 is 19.2 Å². The van der Waals surface area contributed by atoms with Gasteiger partial charge in [0.1, 0.15) is 6.04 Å². The molecule has 0 bridgehead atoms. The molecule has 10 nitrogen and oxygen atoms in total. The number of thioether (sulfide) groups is 1. The van der Waals surface area contributed by atoms with Crippen molar-refractivity contribution >= 4 is 29.2 Å². The number of carbonyl (C=O) groups excluding carboxylic acids is 1. The van der Waals surface area contributed by atoms with Crippen LogP contribution in [-0.2, 0) is 10.5 Å². The third kappa shape index (κ3) is 4.78. The van der Waals surface area contributed by atoms with Crippen LogP contribution >= 0.6 is 11.8 Å². The minimum atomic E-state index is -0.477. The lowest BCUT2D eigenvalue weighted by atomic mass is 9.73. The Labute approximate surface area is 218 Å². The fourth-order valence-corrected chi connectivity index (χ4v) is 5.66. The van der Waals surface area contributed by atoms with E-state index in [2.05, 4.69) is 19.2 Å². The first-order valence-corrected chi connectivity index (χ1v) is 12.8. The minimum Gasteiger partial charge on any atom is -0.493 e. The van der Waals surface area contributed by atoms with Crippen LogP contribution < -0.4 is 14.8 Å². The second-order valence-electron chi connectivity index (χ2n) is 9.85. The number of nitro groups is 1. The van der Waals surface area contributed by atoms with Gasteiger partial charge < -0.3 is 14.8 Å². The molecule has 1 unspecified atom stereocenters. The molecule has 2 heterocycles. The third-order valence-corrected chi connectivity index (χ3v) is 7.43. The van der Waals surface area contributed by atoms with Gasteiger partial charge in [0, 0.05) is 35.6 Å². The fourth-order valence-electron chi connectivity index (χ4n) is 4.89. The maximum Gasteiger partial charge on any atom is 0.269 e. The van der Waals surface area contributed by atoms with E-state index in [4.69, 9.17) is 19.6 Å². The standard InChI is InChI=1S/C26H27N5O5S/c1-26(2)12-18-22(19(32)13-26)23(16-8-9-20(35-3)21(11-16)36-4)30-24(27-18)28-25(29-30)37-14-15-6-5-7-17(10-15)31(33)34/h5-11,23H,12-14H2,1-4H3,(H,27,28,29). The number of allylic oxidation sites excluding steroid dienone is 2. The number of Topliss-reactive ketones (excluding diaryl/α,β-unsaturated/α-hetero) is 1. The summed E-state index contributed by atoms with van der Waals surface area (Å²) in [6.07, 6.45) is 1.15. The van der Waals surface area contributed by atoms with E-state index >= 15 is 0 Å². The van der Waals surface area contributed by atoms with Crippen LogP contribution in [0.5, 0.6) is 11.5 Å². The maximum atomic E-state index is 13.4. The van der Waals surface area contributed by atoms with Crippen molar-refractivity contribution in [1.82, 2.24) is 14.8 Å². The van der Waals surface area contributed by atoms with Gasteiger partial charge in [0.2, 0.25) is 11.1 Å². The van der Waals surface area contributed by atoms with Gasteiger partial charge in [-0.2, -0.15) is 4.98 Å². The van der Waals surface area contributed by atoms with Crippen LogP contribution in [0.3, 0.4) is 0 Å². The molecule has 37 heavy (non-hydrogen) atoms. The lowest BCUT2D eigenvalue weighted by Gasteiger charge is -2.38. The molecule has 0 fully saturated rings. The Morgan fingerprint density at radius 3 is 2.68 bits per heavy atom. The van der Waals surface area contributed by atoms with Gasteiger partial charge in [-0.05, 0) is 35.1 Å². The Hall–Kier alpha value is -3.86. The summed E-state index contributed by atoms with van der Waals surface area (Å²) in [6, 6.07) is 11.6. The zero-order valence-corrected chi connectivity index (χ0v) is 21.8. The number of fused-ring (bicyclic) bond motifs is 1. The van der Waals surface area contributed by atoms with Crippen molar-refractivity contribution in [1.29, 1.82) is 0 Å². The van der Waals surface area contributed by atoms with E-state index in [0.717, 1.165) is 16.8 Å². The molecule has 192 valence electrons. The van der Waals surface area contributed by atoms with Crippen LogP contribution in [0.15, 0.2) is 58.9 Å². The molecule has 0 amide bonds. The molecule has 2 aliphatic rings. The second kappa shape index (κ2) is 9.55. The van der Waals surface area contributed by atoms with Gasteiger partial charge in [-0.3, -0.25) is 14.9 Å². The van der Waals surface area contributed by atoms with Gasteiger partial charge in [0.15, 0.2) is 17.3 Å². The molecule has 0 radical (unpaired) electrons. The molecule has 3 aromatic rings. The number of benzene rings is 2. The van der Waals surface area contributed by atoms with Crippen molar-refractivity contribution in [3.05, 3.63) is 75.0 Å². The predicted molar refractivity (Wildman–Crippen MR) is 139 cm³/mol. The van der Waals surface area contributed by atoms with E-state index in [-0.39, 0.29) is 16.9 Å². The van der Waals surface area contributed by atoms with Crippen LogP contribution in [-0.4, -0.2) is 39.7 Å². The van der Waals surface area contributed by atoms with Gasteiger partial charge in [-0.1, -0.05) is 43.8 Å². The molecule has 5 rings (SSSR count). The summed E-state index contributed by atoms with van der Waals surface area (Å²) < 4.78 is 12.7. The monoisotopic (exact) mass is 521 g/mol. The zero-order chi connectivity index (χ0) is 26.3. The molecule has 1 aliphatic carbocycles. The summed E-state index contributed by atoms with van der Waals surface area (Å²) in [7, 11) is 3.16. The normalized spacial score (nSPS) is 18.1. The molecule has 1 aromatic heterocycles. The summed E-state index contributed by atoms with van der Waals surface area (Å²) in [5, 5.41) is 19.8. The van der Waals surface area contributed by atoms with E-state index < -0.39 is 11.0 Å². The number of nitrogens with one attached hydrogen (secondary N) is 1. The van der Waals surface area contributed by atoms with Gasteiger partial charge in [-0.25, -0.2) is 4.68 Å². The van der Waals surface area contributed by atoms with Crippen LogP contribution in [0.2, 0.25) is 0 Å². The number of methoxy groups -OCH3 is 2. The van der Waals surface area contributed by atoms with Crippen molar-refractivity contribution in [3.8, 4) is 11.5 Å². The summed E-state index contributed by atoms with van der Waals surface area (Å²) in [6.45, 7) is 4.17. The largest absolute Gasteiger partial charge is 0.493 e. The molecule has 1 atom stereocenters. The smallest absolute Gasteiger partial charge is 0.269 e. The number of anilines is 1. The summed E-state index contributed by atoms with van der Waals surface area (Å²) in [5.41, 5.74) is 3.04. The van der Waals surface area contributed by atoms with E-state index in [1.165, 1.54) is 17.8 Å². The van der Waals surface area contributed by atoms with Gasteiger partial charge >= 0.3 is 0 Å². The molecule has 0 spiro atoms. The lowest BCUT2D eigenvalue weighted by Crippen LogP contribution is -2.36. The average molecular weight is 522 g/mol. The SMILES string of the molecule is COc1ccc(C2C3=C(CC(C)(C)CC3=O)Nc3nc(SCc4cccc([N+](=O)[O-])c4)nn32)cc1OC. The first kappa shape index (κ1) is 24.8. The Balaban J connectivity index is 1.53. The summed E-state index contributed by atoms with van der Waals surface area (Å²) >= 11 is 1.38. The van der Waals surface area contributed by atoms with Crippen LogP contribution in [0.4, 0.5) is 11.6 Å². The molecule has 0 saturated heterocycles. The Bertz CT molecular complexity index is 1430. The van der Waals surface area contributed by atoms with Gasteiger partial charge in [-0.15, -0.1) is 5.10 Å². The van der Waals surface area contributed by atoms with Crippen molar-refractivity contribution in [3.63, 3.8) is 0 Å². The predicted octanol–water partition coefficient (Wildman–Crippen LogP) is 5.15. The Morgan fingerprint density at radius 2 is 1.95 bits per heavy atom. The van der Waals surface area contributed by atoms with Crippen LogP contribution in [0.1, 0.15) is 43.9 Å². The fraction of sp³-hybridized carbons (Fsp3) is 0.346. The number of nitrogens with zero attached hydrogens (tertiary/aromatic N) is 4. The number of ether oxygens (including phenoxy) is 2. The third-order valence-electron chi connectivity index (χ3n) is 6.53. The second-order valence-corrected chi connectivity index (χ2v) is 10.8. The van der Waals surface area contributed by atoms with Crippen molar-refractivity contribution in [2.24, 2.45) is 5.41 Å². The number of hydrogen-bond acceptors (Lipinski definition) is 9. The highest BCUT2D eigenvalue weighted by Crippen LogP contribution is 2.46. The summed E-state index contributed by atoms with van der Waals surface area (Å²) in [4.78, 5) is 28.9. The van der Waals surface area contributed by atoms with E-state index in [1.54, 1.807) is 31.0 Å². The quantitative estimate of drug-likeness (QED) is 0.255. The molecule has 11 heteroatoms. The number of carbonyl (C=O) groups is 1. The maximum absolute atomic E-state index is 13.4. The number of nitro benzene ring substituents is 1. The molecular formula is C26H27N5O5S. The Morgan fingerprint density at radius 1 is 1.16 bits per heavy atom. The molecule has 1 N–H and O–H groups in total. The minimum absolute atomic E-state index is 0.0448. The number of rotatable bonds is 7. The highest BCUT2D eigenvalue weighted by molar-refractivity contribution is 7.98. The highest BCUT2D eigenvalue weighted by Gasteiger charge is 2.42. The number of hydrogen-bond donors (Lipinski definition) is 1.